The van der Waals surface area contributed by atoms with E-state index < -0.39 is 21.4 Å². The maximum Gasteiger partial charge on any atom is 0.278 e. The van der Waals surface area contributed by atoms with Crippen molar-refractivity contribution < 1.29 is 12.8 Å². The van der Waals surface area contributed by atoms with Gasteiger partial charge in [0.25, 0.3) is 5.56 Å². The van der Waals surface area contributed by atoms with Gasteiger partial charge in [0.2, 0.25) is 16.0 Å². The minimum atomic E-state index is -3.87. The van der Waals surface area contributed by atoms with Crippen LogP contribution in [0.15, 0.2) is 53.5 Å². The highest BCUT2D eigenvalue weighted by Crippen LogP contribution is 2.28. The molecule has 0 aliphatic rings. The number of hydrogen-bond acceptors (Lipinski definition) is 7. The molecule has 4 rings (SSSR count). The average Bonchev–Trinajstić information content (AvgIpc) is 2.76. The standard InChI is InChI=1S/C23H23FN6O3S/c1-13(2)30-21-18(11-26-23(25)28-21)27-20(22(30)31)16-9-14(3)19(17(24)10-16)29-34(32,33)12-15-7-5-4-6-8-15/h4-11,13,29H,12H2,1-3H3,(H2,25,26,28). The van der Waals surface area contributed by atoms with Crippen LogP contribution in [0.25, 0.3) is 22.4 Å². The molecule has 0 saturated heterocycles. The number of aromatic nitrogens is 4. The van der Waals surface area contributed by atoms with E-state index in [9.17, 15) is 13.2 Å². The quantitative estimate of drug-likeness (QED) is 0.430. The van der Waals surface area contributed by atoms with Crippen LogP contribution in [-0.2, 0) is 15.8 Å². The van der Waals surface area contributed by atoms with Crippen LogP contribution in [0.5, 0.6) is 0 Å². The van der Waals surface area contributed by atoms with Crippen LogP contribution in [-0.4, -0.2) is 27.9 Å². The van der Waals surface area contributed by atoms with E-state index in [2.05, 4.69) is 19.7 Å². The normalized spacial score (nSPS) is 11.8. The maximum atomic E-state index is 15.1. The molecule has 34 heavy (non-hydrogen) atoms. The molecule has 2 heterocycles. The fraction of sp³-hybridized carbons (Fsp3) is 0.217. The molecule has 0 saturated carbocycles. The zero-order chi connectivity index (χ0) is 24.6. The number of nitrogens with zero attached hydrogens (tertiary/aromatic N) is 4. The molecule has 0 fully saturated rings. The van der Waals surface area contributed by atoms with Crippen molar-refractivity contribution in [3.8, 4) is 11.3 Å². The van der Waals surface area contributed by atoms with Crippen LogP contribution in [0.4, 0.5) is 16.0 Å². The van der Waals surface area contributed by atoms with Gasteiger partial charge in [0.15, 0.2) is 5.65 Å². The smallest absolute Gasteiger partial charge is 0.278 e. The largest absolute Gasteiger partial charge is 0.368 e. The van der Waals surface area contributed by atoms with Gasteiger partial charge in [-0.25, -0.2) is 22.8 Å². The lowest BCUT2D eigenvalue weighted by atomic mass is 10.1. The minimum absolute atomic E-state index is 0.00439. The zero-order valence-corrected chi connectivity index (χ0v) is 19.6. The number of aryl methyl sites for hydroxylation is 1. The second-order valence-corrected chi connectivity index (χ2v) is 9.89. The van der Waals surface area contributed by atoms with Crippen LogP contribution in [0.2, 0.25) is 0 Å². The highest BCUT2D eigenvalue weighted by Gasteiger charge is 2.21. The predicted molar refractivity (Wildman–Crippen MR) is 129 cm³/mol. The van der Waals surface area contributed by atoms with Crippen molar-refractivity contribution in [3.05, 3.63) is 76.0 Å². The van der Waals surface area contributed by atoms with E-state index in [0.717, 1.165) is 6.07 Å². The summed E-state index contributed by atoms with van der Waals surface area (Å²) in [6.45, 7) is 5.16. The van der Waals surface area contributed by atoms with Gasteiger partial charge in [-0.2, -0.15) is 4.98 Å². The summed E-state index contributed by atoms with van der Waals surface area (Å²) >= 11 is 0. The van der Waals surface area contributed by atoms with Gasteiger partial charge < -0.3 is 5.73 Å². The van der Waals surface area contributed by atoms with Crippen LogP contribution in [0.3, 0.4) is 0 Å². The summed E-state index contributed by atoms with van der Waals surface area (Å²) in [5.74, 6) is -1.12. The lowest BCUT2D eigenvalue weighted by Crippen LogP contribution is -2.26. The third kappa shape index (κ3) is 4.60. The lowest BCUT2D eigenvalue weighted by molar-refractivity contribution is 0.593. The molecule has 11 heteroatoms. The number of rotatable bonds is 6. The first-order valence-corrected chi connectivity index (χ1v) is 12.1. The summed E-state index contributed by atoms with van der Waals surface area (Å²) < 4.78 is 44.1. The van der Waals surface area contributed by atoms with Gasteiger partial charge in [-0.15, -0.1) is 0 Å². The van der Waals surface area contributed by atoms with Crippen LogP contribution in [0.1, 0.15) is 31.0 Å². The van der Waals surface area contributed by atoms with Gasteiger partial charge in [-0.3, -0.25) is 14.1 Å². The zero-order valence-electron chi connectivity index (χ0n) is 18.8. The third-order valence-electron chi connectivity index (χ3n) is 5.18. The SMILES string of the molecule is Cc1cc(-c2nc3cnc(N)nc3n(C(C)C)c2=O)cc(F)c1NS(=O)(=O)Cc1ccccc1. The first-order valence-electron chi connectivity index (χ1n) is 10.5. The molecule has 2 aromatic heterocycles. The molecule has 0 aliphatic heterocycles. The second kappa shape index (κ2) is 8.82. The molecule has 0 bridgehead atoms. The number of nitrogens with one attached hydrogen (secondary N) is 1. The van der Waals surface area contributed by atoms with Crippen LogP contribution >= 0.6 is 0 Å². The summed E-state index contributed by atoms with van der Waals surface area (Å²) in [6, 6.07) is 10.9. The van der Waals surface area contributed by atoms with Crippen molar-refractivity contribution in [1.82, 2.24) is 19.5 Å². The Labute approximate surface area is 195 Å². The van der Waals surface area contributed by atoms with Gasteiger partial charge >= 0.3 is 0 Å². The number of benzene rings is 2. The van der Waals surface area contributed by atoms with E-state index in [4.69, 9.17) is 5.73 Å². The summed E-state index contributed by atoms with van der Waals surface area (Å²) in [6.07, 6.45) is 1.40. The Morgan fingerprint density at radius 2 is 1.85 bits per heavy atom. The molecular weight excluding hydrogens is 459 g/mol. The molecule has 176 valence electrons. The minimum Gasteiger partial charge on any atom is -0.368 e. The van der Waals surface area contributed by atoms with Gasteiger partial charge in [-0.05, 0) is 44.0 Å². The van der Waals surface area contributed by atoms with Gasteiger partial charge in [-0.1, -0.05) is 30.3 Å². The highest BCUT2D eigenvalue weighted by atomic mass is 32.2. The first kappa shape index (κ1) is 23.3. The van der Waals surface area contributed by atoms with Crippen molar-refractivity contribution in [1.29, 1.82) is 0 Å². The van der Waals surface area contributed by atoms with Crippen molar-refractivity contribution in [3.63, 3.8) is 0 Å². The Morgan fingerprint density at radius 1 is 1.15 bits per heavy atom. The van der Waals surface area contributed by atoms with E-state index in [1.165, 1.54) is 16.8 Å². The lowest BCUT2D eigenvalue weighted by Gasteiger charge is -2.16. The van der Waals surface area contributed by atoms with Crippen molar-refractivity contribution in [2.24, 2.45) is 0 Å². The van der Waals surface area contributed by atoms with E-state index in [0.29, 0.717) is 16.6 Å². The van der Waals surface area contributed by atoms with Crippen LogP contribution < -0.4 is 16.0 Å². The molecule has 2 aromatic carbocycles. The second-order valence-electron chi connectivity index (χ2n) is 8.16. The number of sulfonamides is 1. The number of halogens is 1. The summed E-state index contributed by atoms with van der Waals surface area (Å²) in [7, 11) is -3.87. The molecule has 0 amide bonds. The van der Waals surface area contributed by atoms with Crippen LogP contribution in [0, 0.1) is 12.7 Å². The molecule has 0 spiro atoms. The molecule has 9 nitrogen and oxygen atoms in total. The summed E-state index contributed by atoms with van der Waals surface area (Å²) in [5, 5.41) is 0. The van der Waals surface area contributed by atoms with Crippen molar-refractivity contribution in [2.75, 3.05) is 10.5 Å². The number of nitrogen functional groups attached to an aromatic ring is 1. The van der Waals surface area contributed by atoms with E-state index >= 15 is 4.39 Å². The number of anilines is 2. The Morgan fingerprint density at radius 3 is 2.50 bits per heavy atom. The topological polar surface area (TPSA) is 133 Å². The molecule has 3 N–H and O–H groups in total. The first-order chi connectivity index (χ1) is 16.1. The van der Waals surface area contributed by atoms with Gasteiger partial charge in [0.1, 0.15) is 17.0 Å². The van der Waals surface area contributed by atoms with Crippen molar-refractivity contribution in [2.45, 2.75) is 32.6 Å². The Bertz CT molecular complexity index is 1530. The van der Waals surface area contributed by atoms with Gasteiger partial charge in [0.05, 0.1) is 17.6 Å². The predicted octanol–water partition coefficient (Wildman–Crippen LogP) is 3.41. The molecular formula is C23H23FN6O3S. The molecule has 0 unspecified atom stereocenters. The average molecular weight is 483 g/mol. The molecule has 0 aliphatic carbocycles. The maximum absolute atomic E-state index is 15.1. The summed E-state index contributed by atoms with van der Waals surface area (Å²) in [5.41, 5.74) is 6.70. The van der Waals surface area contributed by atoms with Crippen molar-refractivity contribution >= 4 is 32.8 Å². The Balaban J connectivity index is 1.77. The fourth-order valence-electron chi connectivity index (χ4n) is 3.68. The van der Waals surface area contributed by atoms with Gasteiger partial charge in [0, 0.05) is 11.6 Å². The highest BCUT2D eigenvalue weighted by molar-refractivity contribution is 7.91. The van der Waals surface area contributed by atoms with E-state index in [-0.39, 0.29) is 40.3 Å². The fourth-order valence-corrected chi connectivity index (χ4v) is 4.95. The number of nitrogens with two attached hydrogens (primary N) is 1. The Hall–Kier alpha value is -3.86. The molecule has 4 aromatic rings. The molecule has 0 atom stereocenters. The number of fused-ring (bicyclic) bond motifs is 1. The Kier molecular flexibility index (Phi) is 6.05. The third-order valence-corrected chi connectivity index (χ3v) is 6.41. The summed E-state index contributed by atoms with van der Waals surface area (Å²) in [4.78, 5) is 25.7. The van der Waals surface area contributed by atoms with E-state index in [1.807, 2.05) is 0 Å². The number of hydrogen-bond donors (Lipinski definition) is 2. The van der Waals surface area contributed by atoms with E-state index in [1.54, 1.807) is 51.1 Å². The molecule has 0 radical (unpaired) electrons. The monoisotopic (exact) mass is 482 g/mol.